The number of aliphatic imine (C=N–C) groups is 1. The van der Waals surface area contributed by atoms with Crippen LogP contribution >= 0.6 is 0 Å². The van der Waals surface area contributed by atoms with Crippen LogP contribution in [-0.2, 0) is 13.1 Å². The standard InChI is InChI=1S/C22H28F2N4O3/c1-4-26-20(29)16-11-9-15(10-12-16)13-27-22(25-3)28-14-17-7-6-8-18(30-5-2)19(17)31-21(23)24/h6-12,21H,4-5,13-14H2,1-3H3,(H,26,29)(H2,25,27,28). The van der Waals surface area contributed by atoms with Crippen molar-refractivity contribution in [2.45, 2.75) is 33.5 Å². The molecule has 0 heterocycles. The molecule has 0 aliphatic carbocycles. The first kappa shape index (κ1) is 23.9. The van der Waals surface area contributed by atoms with Crippen molar-refractivity contribution in [2.24, 2.45) is 4.99 Å². The molecule has 2 aromatic carbocycles. The minimum Gasteiger partial charge on any atom is -0.490 e. The summed E-state index contributed by atoms with van der Waals surface area (Å²) in [5.74, 6) is 0.633. The number of hydrogen-bond donors (Lipinski definition) is 3. The van der Waals surface area contributed by atoms with Gasteiger partial charge in [-0.3, -0.25) is 9.79 Å². The molecule has 1 amide bonds. The number of alkyl halides is 2. The third-order valence-corrected chi connectivity index (χ3v) is 4.25. The van der Waals surface area contributed by atoms with Crippen LogP contribution in [0.15, 0.2) is 47.5 Å². The van der Waals surface area contributed by atoms with Gasteiger partial charge in [-0.05, 0) is 37.6 Å². The highest BCUT2D eigenvalue weighted by Crippen LogP contribution is 2.32. The number of carbonyl (C=O) groups excluding carboxylic acids is 1. The fourth-order valence-corrected chi connectivity index (χ4v) is 2.81. The molecular formula is C22H28F2N4O3. The number of para-hydroxylation sites is 1. The molecule has 0 aromatic heterocycles. The second-order valence-electron chi connectivity index (χ2n) is 6.39. The van der Waals surface area contributed by atoms with Gasteiger partial charge < -0.3 is 25.4 Å². The van der Waals surface area contributed by atoms with Gasteiger partial charge in [0.2, 0.25) is 0 Å². The van der Waals surface area contributed by atoms with Crippen molar-refractivity contribution < 1.29 is 23.0 Å². The Balaban J connectivity index is 1.98. The fraction of sp³-hybridized carbons (Fsp3) is 0.364. The zero-order valence-electron chi connectivity index (χ0n) is 17.9. The Hall–Kier alpha value is -3.36. The molecule has 7 nitrogen and oxygen atoms in total. The molecule has 0 aliphatic heterocycles. The monoisotopic (exact) mass is 434 g/mol. The third kappa shape index (κ3) is 7.44. The Kier molecular flexibility index (Phi) is 9.54. The summed E-state index contributed by atoms with van der Waals surface area (Å²) in [6.45, 7) is 2.25. The smallest absolute Gasteiger partial charge is 0.387 e. The lowest BCUT2D eigenvalue weighted by atomic mass is 10.1. The van der Waals surface area contributed by atoms with E-state index in [1.165, 1.54) is 0 Å². The molecule has 0 unspecified atom stereocenters. The summed E-state index contributed by atoms with van der Waals surface area (Å²) in [7, 11) is 1.61. The minimum absolute atomic E-state index is 0.00301. The van der Waals surface area contributed by atoms with Crippen LogP contribution in [0.25, 0.3) is 0 Å². The molecule has 0 aliphatic rings. The Morgan fingerprint density at radius 3 is 2.35 bits per heavy atom. The van der Waals surface area contributed by atoms with E-state index in [9.17, 15) is 13.6 Å². The molecule has 0 fully saturated rings. The number of guanidine groups is 1. The summed E-state index contributed by atoms with van der Waals surface area (Å²) in [6, 6.07) is 12.2. The summed E-state index contributed by atoms with van der Waals surface area (Å²) in [5.41, 5.74) is 2.06. The average molecular weight is 434 g/mol. The number of halogens is 2. The van der Waals surface area contributed by atoms with E-state index in [0.717, 1.165) is 5.56 Å². The van der Waals surface area contributed by atoms with Crippen LogP contribution in [0.4, 0.5) is 8.78 Å². The lowest BCUT2D eigenvalue weighted by molar-refractivity contribution is -0.0520. The zero-order valence-corrected chi connectivity index (χ0v) is 17.9. The molecule has 0 saturated carbocycles. The number of hydrogen-bond acceptors (Lipinski definition) is 4. The normalized spacial score (nSPS) is 11.2. The van der Waals surface area contributed by atoms with Crippen molar-refractivity contribution in [3.05, 3.63) is 59.2 Å². The highest BCUT2D eigenvalue weighted by atomic mass is 19.3. The number of rotatable bonds is 10. The van der Waals surface area contributed by atoms with Crippen LogP contribution in [0.1, 0.15) is 35.3 Å². The van der Waals surface area contributed by atoms with E-state index in [4.69, 9.17) is 4.74 Å². The van der Waals surface area contributed by atoms with Gasteiger partial charge in [-0.2, -0.15) is 8.78 Å². The van der Waals surface area contributed by atoms with Crippen molar-refractivity contribution in [1.82, 2.24) is 16.0 Å². The zero-order chi connectivity index (χ0) is 22.6. The van der Waals surface area contributed by atoms with Gasteiger partial charge in [0.15, 0.2) is 17.5 Å². The van der Waals surface area contributed by atoms with Crippen LogP contribution in [0, 0.1) is 0 Å². The Labute approximate surface area is 180 Å². The van der Waals surface area contributed by atoms with Crippen molar-refractivity contribution in [3.63, 3.8) is 0 Å². The number of ether oxygens (including phenoxy) is 2. The van der Waals surface area contributed by atoms with Crippen molar-refractivity contribution in [2.75, 3.05) is 20.2 Å². The maximum absolute atomic E-state index is 12.9. The first-order valence-corrected chi connectivity index (χ1v) is 9.99. The summed E-state index contributed by atoms with van der Waals surface area (Å²) >= 11 is 0. The highest BCUT2D eigenvalue weighted by molar-refractivity contribution is 5.94. The summed E-state index contributed by atoms with van der Waals surface area (Å²) in [5, 5.41) is 8.98. The van der Waals surface area contributed by atoms with Gasteiger partial charge in [-0.25, -0.2) is 0 Å². The Morgan fingerprint density at radius 1 is 1.03 bits per heavy atom. The van der Waals surface area contributed by atoms with Gasteiger partial charge in [0.25, 0.3) is 5.91 Å². The second-order valence-corrected chi connectivity index (χ2v) is 6.39. The van der Waals surface area contributed by atoms with Gasteiger partial charge in [0.1, 0.15) is 0 Å². The lowest BCUT2D eigenvalue weighted by Crippen LogP contribution is -2.36. The van der Waals surface area contributed by atoms with Gasteiger partial charge in [0, 0.05) is 37.8 Å². The van der Waals surface area contributed by atoms with E-state index in [1.54, 1.807) is 44.3 Å². The summed E-state index contributed by atoms with van der Waals surface area (Å²) in [4.78, 5) is 16.0. The Morgan fingerprint density at radius 2 is 1.74 bits per heavy atom. The first-order chi connectivity index (χ1) is 15.0. The third-order valence-electron chi connectivity index (χ3n) is 4.25. The topological polar surface area (TPSA) is 84.0 Å². The van der Waals surface area contributed by atoms with Gasteiger partial charge in [0.05, 0.1) is 6.61 Å². The van der Waals surface area contributed by atoms with Gasteiger partial charge >= 0.3 is 6.61 Å². The predicted molar refractivity (Wildman–Crippen MR) is 116 cm³/mol. The molecule has 0 atom stereocenters. The van der Waals surface area contributed by atoms with Crippen LogP contribution in [0.3, 0.4) is 0 Å². The van der Waals surface area contributed by atoms with Crippen LogP contribution < -0.4 is 25.4 Å². The van der Waals surface area contributed by atoms with Crippen molar-refractivity contribution in [1.29, 1.82) is 0 Å². The summed E-state index contributed by atoms with van der Waals surface area (Å²) in [6.07, 6.45) is 0. The Bertz CT molecular complexity index is 874. The van der Waals surface area contributed by atoms with E-state index in [2.05, 4.69) is 25.7 Å². The molecule has 0 saturated heterocycles. The average Bonchev–Trinajstić information content (AvgIpc) is 2.76. The van der Waals surface area contributed by atoms with E-state index < -0.39 is 6.61 Å². The molecule has 31 heavy (non-hydrogen) atoms. The number of amides is 1. The number of nitrogens with zero attached hydrogens (tertiary/aromatic N) is 1. The quantitative estimate of drug-likeness (QED) is 0.395. The highest BCUT2D eigenvalue weighted by Gasteiger charge is 2.16. The molecule has 0 bridgehead atoms. The van der Waals surface area contributed by atoms with Crippen molar-refractivity contribution >= 4 is 11.9 Å². The molecule has 0 radical (unpaired) electrons. The van der Waals surface area contributed by atoms with Crippen molar-refractivity contribution in [3.8, 4) is 11.5 Å². The summed E-state index contributed by atoms with van der Waals surface area (Å²) < 4.78 is 35.8. The van der Waals surface area contributed by atoms with Crippen LogP contribution in [0.2, 0.25) is 0 Å². The van der Waals surface area contributed by atoms with Gasteiger partial charge in [-0.15, -0.1) is 0 Å². The second kappa shape index (κ2) is 12.4. The number of benzene rings is 2. The number of carbonyl (C=O) groups is 1. The van der Waals surface area contributed by atoms with E-state index in [-0.39, 0.29) is 24.0 Å². The fourth-order valence-electron chi connectivity index (χ4n) is 2.81. The van der Waals surface area contributed by atoms with Crippen LogP contribution in [0.5, 0.6) is 11.5 Å². The molecule has 168 valence electrons. The largest absolute Gasteiger partial charge is 0.490 e. The minimum atomic E-state index is -2.96. The first-order valence-electron chi connectivity index (χ1n) is 9.99. The maximum atomic E-state index is 12.9. The van der Waals surface area contributed by atoms with E-state index in [0.29, 0.717) is 36.8 Å². The van der Waals surface area contributed by atoms with E-state index in [1.807, 2.05) is 19.1 Å². The lowest BCUT2D eigenvalue weighted by Gasteiger charge is -2.17. The molecule has 2 rings (SSSR count). The SMILES string of the molecule is CCNC(=O)c1ccc(CNC(=NC)NCc2cccc(OCC)c2OC(F)F)cc1. The van der Waals surface area contributed by atoms with Gasteiger partial charge in [-0.1, -0.05) is 24.3 Å². The predicted octanol–water partition coefficient (Wildman–Crippen LogP) is 3.30. The number of nitrogens with one attached hydrogen (secondary N) is 3. The molecule has 9 heteroatoms. The molecular weight excluding hydrogens is 406 g/mol. The maximum Gasteiger partial charge on any atom is 0.387 e. The molecule has 3 N–H and O–H groups in total. The van der Waals surface area contributed by atoms with E-state index >= 15 is 0 Å². The van der Waals surface area contributed by atoms with Crippen LogP contribution in [-0.4, -0.2) is 38.7 Å². The molecule has 2 aromatic rings. The molecule has 0 spiro atoms.